The molecule has 0 saturated carbocycles. The van der Waals surface area contributed by atoms with Crippen LogP contribution in [-0.4, -0.2) is 52.6 Å². The van der Waals surface area contributed by atoms with E-state index in [1.165, 1.54) is 0 Å². The largest absolute Gasteiger partial charge is 0.314 e. The van der Waals surface area contributed by atoms with E-state index in [0.717, 1.165) is 49.2 Å². The maximum Gasteiger partial charge on any atom is 0.240 e. The highest BCUT2D eigenvalue weighted by Crippen LogP contribution is 2.20. The number of nitrogens with one attached hydrogen (secondary N) is 2. The molecule has 1 saturated heterocycles. The summed E-state index contributed by atoms with van der Waals surface area (Å²) in [5, 5.41) is 3.30. The molecule has 0 aromatic heterocycles. The van der Waals surface area contributed by atoms with Crippen LogP contribution in [0.5, 0.6) is 0 Å². The Labute approximate surface area is 159 Å². The van der Waals surface area contributed by atoms with Crippen molar-refractivity contribution in [2.24, 2.45) is 0 Å². The van der Waals surface area contributed by atoms with Gasteiger partial charge in [0.1, 0.15) is 0 Å². The number of rotatable bonds is 6. The fourth-order valence-corrected chi connectivity index (χ4v) is 3.90. The number of benzene rings is 1. The van der Waals surface area contributed by atoms with Crippen molar-refractivity contribution in [2.45, 2.75) is 18.2 Å². The topological polar surface area (TPSA) is 61.4 Å². The zero-order chi connectivity index (χ0) is 15.3. The Morgan fingerprint density at radius 3 is 2.52 bits per heavy atom. The maximum atomic E-state index is 12.2. The molecule has 1 aliphatic rings. The summed E-state index contributed by atoms with van der Waals surface area (Å²) in [6.45, 7) is 7.45. The van der Waals surface area contributed by atoms with Crippen molar-refractivity contribution in [3.63, 3.8) is 0 Å². The second kappa shape index (κ2) is 10.9. The van der Waals surface area contributed by atoms with E-state index in [-0.39, 0.29) is 24.8 Å². The lowest BCUT2D eigenvalue weighted by atomic mass is 10.2. The van der Waals surface area contributed by atoms with Gasteiger partial charge in [-0.15, -0.1) is 24.8 Å². The van der Waals surface area contributed by atoms with E-state index in [0.29, 0.717) is 11.4 Å². The van der Waals surface area contributed by atoms with Crippen LogP contribution in [-0.2, 0) is 10.0 Å². The molecule has 9 heteroatoms. The highest BCUT2D eigenvalue weighted by molar-refractivity contribution is 9.10. The molecule has 1 fully saturated rings. The summed E-state index contributed by atoms with van der Waals surface area (Å²) >= 11 is 3.37. The Kier molecular flexibility index (Phi) is 10.9. The normalized spacial score (nSPS) is 15.6. The second-order valence-electron chi connectivity index (χ2n) is 5.25. The summed E-state index contributed by atoms with van der Waals surface area (Å²) in [6.07, 6.45) is 0.826. The van der Waals surface area contributed by atoms with E-state index in [2.05, 4.69) is 30.9 Å². The van der Waals surface area contributed by atoms with Gasteiger partial charge in [0.25, 0.3) is 0 Å². The first-order chi connectivity index (χ1) is 9.99. The van der Waals surface area contributed by atoms with E-state index in [9.17, 15) is 8.42 Å². The van der Waals surface area contributed by atoms with Gasteiger partial charge in [0.2, 0.25) is 10.0 Å². The molecule has 1 aliphatic heterocycles. The third-order valence-corrected chi connectivity index (χ3v) is 5.92. The van der Waals surface area contributed by atoms with Crippen LogP contribution >= 0.6 is 40.7 Å². The molecule has 23 heavy (non-hydrogen) atoms. The molecule has 0 atom stereocenters. The summed E-state index contributed by atoms with van der Waals surface area (Å²) in [5.74, 6) is 0. The first-order valence-electron chi connectivity index (χ1n) is 7.18. The van der Waals surface area contributed by atoms with E-state index >= 15 is 0 Å². The summed E-state index contributed by atoms with van der Waals surface area (Å²) in [7, 11) is -3.41. The fourth-order valence-electron chi connectivity index (χ4n) is 2.27. The highest BCUT2D eigenvalue weighted by Gasteiger charge is 2.15. The van der Waals surface area contributed by atoms with Crippen LogP contribution in [0.1, 0.15) is 12.0 Å². The zero-order valence-electron chi connectivity index (χ0n) is 13.0. The van der Waals surface area contributed by atoms with Crippen molar-refractivity contribution in [3.8, 4) is 0 Å². The smallest absolute Gasteiger partial charge is 0.240 e. The van der Waals surface area contributed by atoms with Gasteiger partial charge in [0.05, 0.1) is 4.90 Å². The predicted octanol–water partition coefficient (Wildman–Crippen LogP) is 2.17. The highest BCUT2D eigenvalue weighted by atomic mass is 79.9. The molecule has 1 aromatic carbocycles. The molecule has 0 aliphatic carbocycles. The van der Waals surface area contributed by atoms with Crippen molar-refractivity contribution < 1.29 is 8.42 Å². The molecule has 1 heterocycles. The van der Waals surface area contributed by atoms with Crippen molar-refractivity contribution in [2.75, 3.05) is 39.3 Å². The summed E-state index contributed by atoms with van der Waals surface area (Å²) in [4.78, 5) is 2.66. The van der Waals surface area contributed by atoms with Gasteiger partial charge in [-0.25, -0.2) is 13.1 Å². The molecule has 0 radical (unpaired) electrons. The van der Waals surface area contributed by atoms with Crippen LogP contribution in [0.15, 0.2) is 27.6 Å². The average Bonchev–Trinajstić information content (AvgIpc) is 2.47. The van der Waals surface area contributed by atoms with Crippen LogP contribution in [0.25, 0.3) is 0 Å². The third-order valence-electron chi connectivity index (χ3n) is 3.61. The Morgan fingerprint density at radius 2 is 1.91 bits per heavy atom. The first-order valence-corrected chi connectivity index (χ1v) is 9.45. The molecule has 2 N–H and O–H groups in total. The molecular formula is C14H24BrCl2N3O2S. The van der Waals surface area contributed by atoms with Crippen molar-refractivity contribution in [1.29, 1.82) is 0 Å². The number of sulfonamides is 1. The maximum absolute atomic E-state index is 12.2. The summed E-state index contributed by atoms with van der Waals surface area (Å²) in [6, 6.07) is 5.09. The Hall–Kier alpha value is 0.110. The lowest BCUT2D eigenvalue weighted by Crippen LogP contribution is -2.44. The van der Waals surface area contributed by atoms with Crippen LogP contribution in [0.4, 0.5) is 0 Å². The van der Waals surface area contributed by atoms with Gasteiger partial charge in [-0.05, 0) is 37.6 Å². The lowest BCUT2D eigenvalue weighted by Gasteiger charge is -2.27. The minimum atomic E-state index is -3.41. The predicted molar refractivity (Wildman–Crippen MR) is 102 cm³/mol. The van der Waals surface area contributed by atoms with E-state index in [4.69, 9.17) is 0 Å². The Bertz CT molecular complexity index is 581. The molecule has 2 rings (SSSR count). The zero-order valence-corrected chi connectivity index (χ0v) is 17.1. The van der Waals surface area contributed by atoms with Crippen LogP contribution in [0.2, 0.25) is 0 Å². The SMILES string of the molecule is Cc1ccc(S(=O)(=O)NCCCN2CCNCC2)cc1Br.Cl.Cl. The third kappa shape index (κ3) is 7.25. The lowest BCUT2D eigenvalue weighted by molar-refractivity contribution is 0.239. The molecular weight excluding hydrogens is 425 g/mol. The Morgan fingerprint density at radius 1 is 1.26 bits per heavy atom. The van der Waals surface area contributed by atoms with Gasteiger partial charge in [-0.3, -0.25) is 0 Å². The van der Waals surface area contributed by atoms with Crippen LogP contribution in [0, 0.1) is 6.92 Å². The number of hydrogen-bond acceptors (Lipinski definition) is 4. The molecule has 0 unspecified atom stereocenters. The van der Waals surface area contributed by atoms with Gasteiger partial charge in [-0.1, -0.05) is 22.0 Å². The Balaban J connectivity index is 0.00000242. The van der Waals surface area contributed by atoms with Gasteiger partial charge in [0, 0.05) is 37.2 Å². The van der Waals surface area contributed by atoms with Crippen molar-refractivity contribution in [1.82, 2.24) is 14.9 Å². The number of hydrogen-bond donors (Lipinski definition) is 2. The van der Waals surface area contributed by atoms with E-state index in [1.54, 1.807) is 18.2 Å². The van der Waals surface area contributed by atoms with Gasteiger partial charge in [0.15, 0.2) is 0 Å². The number of nitrogens with zero attached hydrogens (tertiary/aromatic N) is 1. The quantitative estimate of drug-likeness (QED) is 0.654. The minimum absolute atomic E-state index is 0. The number of halogens is 3. The summed E-state index contributed by atoms with van der Waals surface area (Å²) < 4.78 is 27.9. The number of aryl methyl sites for hydroxylation is 1. The van der Waals surface area contributed by atoms with E-state index < -0.39 is 10.0 Å². The molecule has 0 spiro atoms. The van der Waals surface area contributed by atoms with Gasteiger partial charge < -0.3 is 10.2 Å². The van der Waals surface area contributed by atoms with Crippen molar-refractivity contribution in [3.05, 3.63) is 28.2 Å². The standard InChI is InChI=1S/C14H22BrN3O2S.2ClH/c1-12-3-4-13(11-14(12)15)21(19,20)17-5-2-8-18-9-6-16-7-10-18;;/h3-4,11,16-17H,2,5-10H2,1H3;2*1H. The average molecular weight is 449 g/mol. The minimum Gasteiger partial charge on any atom is -0.314 e. The molecule has 0 bridgehead atoms. The molecule has 1 aromatic rings. The second-order valence-corrected chi connectivity index (χ2v) is 7.88. The van der Waals surface area contributed by atoms with Crippen LogP contribution < -0.4 is 10.0 Å². The van der Waals surface area contributed by atoms with Gasteiger partial charge >= 0.3 is 0 Å². The number of piperazine rings is 1. The van der Waals surface area contributed by atoms with Gasteiger partial charge in [-0.2, -0.15) is 0 Å². The van der Waals surface area contributed by atoms with Crippen molar-refractivity contribution >= 4 is 50.8 Å². The van der Waals surface area contributed by atoms with E-state index in [1.807, 2.05) is 6.92 Å². The molecule has 0 amide bonds. The molecule has 134 valence electrons. The monoisotopic (exact) mass is 447 g/mol. The first kappa shape index (κ1) is 23.1. The summed E-state index contributed by atoms with van der Waals surface area (Å²) in [5.41, 5.74) is 1.02. The fraction of sp³-hybridized carbons (Fsp3) is 0.571. The van der Waals surface area contributed by atoms with Crippen LogP contribution in [0.3, 0.4) is 0 Å². The molecule has 5 nitrogen and oxygen atoms in total.